The van der Waals surface area contributed by atoms with Crippen LogP contribution in [0, 0.1) is 21.8 Å². The second kappa shape index (κ2) is 6.28. The number of piperidine rings is 1. The Labute approximate surface area is 117 Å². The van der Waals surface area contributed by atoms with Crippen LogP contribution in [-0.4, -0.2) is 29.0 Å². The van der Waals surface area contributed by atoms with Gasteiger partial charge in [-0.2, -0.15) is 0 Å². The maximum Gasteiger partial charge on any atom is 0.272 e. The summed E-state index contributed by atoms with van der Waals surface area (Å²) in [7, 11) is 0. The van der Waals surface area contributed by atoms with E-state index in [9.17, 15) is 14.5 Å². The zero-order valence-electron chi connectivity index (χ0n) is 11.6. The van der Waals surface area contributed by atoms with Crippen molar-refractivity contribution in [2.24, 2.45) is 11.7 Å². The van der Waals surface area contributed by atoms with E-state index in [0.29, 0.717) is 18.0 Å². The van der Waals surface area contributed by atoms with Crippen molar-refractivity contribution in [3.05, 3.63) is 39.7 Å². The van der Waals surface area contributed by atoms with Crippen LogP contribution in [0.25, 0.3) is 0 Å². The van der Waals surface area contributed by atoms with Gasteiger partial charge in [0.05, 0.1) is 11.0 Å². The summed E-state index contributed by atoms with van der Waals surface area (Å²) in [6.07, 6.45) is 2.17. The molecular weight excluding hydrogens is 261 g/mol. The van der Waals surface area contributed by atoms with Gasteiger partial charge in [-0.05, 0) is 43.9 Å². The molecule has 6 heteroatoms. The van der Waals surface area contributed by atoms with Crippen LogP contribution >= 0.6 is 0 Å². The summed E-state index contributed by atoms with van der Waals surface area (Å²) in [5.41, 5.74) is 6.38. The number of nitrogens with two attached hydrogens (primary N) is 1. The Morgan fingerprint density at radius 2 is 2.30 bits per heavy atom. The van der Waals surface area contributed by atoms with Gasteiger partial charge in [0.2, 0.25) is 0 Å². The topological polar surface area (TPSA) is 72.4 Å². The van der Waals surface area contributed by atoms with Crippen molar-refractivity contribution >= 4 is 5.69 Å². The molecule has 2 unspecified atom stereocenters. The van der Waals surface area contributed by atoms with Gasteiger partial charge in [0.25, 0.3) is 5.69 Å². The van der Waals surface area contributed by atoms with Crippen LogP contribution in [0.4, 0.5) is 10.1 Å². The van der Waals surface area contributed by atoms with Crippen molar-refractivity contribution in [1.29, 1.82) is 0 Å². The second-order valence-electron chi connectivity index (χ2n) is 5.57. The van der Waals surface area contributed by atoms with E-state index in [-0.39, 0.29) is 11.7 Å². The van der Waals surface area contributed by atoms with Gasteiger partial charge in [-0.25, -0.2) is 4.39 Å². The molecule has 2 rings (SSSR count). The van der Waals surface area contributed by atoms with Crippen LogP contribution < -0.4 is 5.73 Å². The molecule has 0 amide bonds. The van der Waals surface area contributed by atoms with Crippen molar-refractivity contribution in [1.82, 2.24) is 4.90 Å². The maximum atomic E-state index is 13.4. The van der Waals surface area contributed by atoms with Gasteiger partial charge in [-0.1, -0.05) is 0 Å². The molecule has 0 bridgehead atoms. The molecule has 0 saturated carbocycles. The Bertz CT molecular complexity index is 493. The molecule has 0 aliphatic carbocycles. The lowest BCUT2D eigenvalue weighted by Gasteiger charge is -2.34. The van der Waals surface area contributed by atoms with Crippen LogP contribution in [0.5, 0.6) is 0 Å². The van der Waals surface area contributed by atoms with Gasteiger partial charge in [0.15, 0.2) is 0 Å². The summed E-state index contributed by atoms with van der Waals surface area (Å²) in [5.74, 6) is -0.123. The third-order valence-electron chi connectivity index (χ3n) is 3.84. The summed E-state index contributed by atoms with van der Waals surface area (Å²) in [5, 5.41) is 10.7. The number of nitrogens with zero attached hydrogens (tertiary/aromatic N) is 2. The van der Waals surface area contributed by atoms with E-state index in [0.717, 1.165) is 32.0 Å². The molecule has 20 heavy (non-hydrogen) atoms. The molecule has 0 spiro atoms. The molecule has 5 nitrogen and oxygen atoms in total. The Hall–Kier alpha value is -1.53. The predicted molar refractivity (Wildman–Crippen MR) is 74.7 cm³/mol. The molecule has 0 aromatic heterocycles. The smallest absolute Gasteiger partial charge is 0.272 e. The number of halogens is 1. The number of non-ortho nitro benzene ring substituents is 1. The molecule has 1 aliphatic rings. The van der Waals surface area contributed by atoms with E-state index in [1.165, 1.54) is 12.1 Å². The van der Waals surface area contributed by atoms with E-state index < -0.39 is 10.7 Å². The average Bonchev–Trinajstić information content (AvgIpc) is 2.38. The number of hydrogen-bond donors (Lipinski definition) is 1. The highest BCUT2D eigenvalue weighted by atomic mass is 19.1. The number of hydrogen-bond acceptors (Lipinski definition) is 4. The minimum atomic E-state index is -0.562. The number of nitro benzene ring substituents is 1. The molecule has 1 aromatic carbocycles. The lowest BCUT2D eigenvalue weighted by atomic mass is 9.92. The van der Waals surface area contributed by atoms with Crippen molar-refractivity contribution < 1.29 is 9.31 Å². The van der Waals surface area contributed by atoms with Gasteiger partial charge in [-0.3, -0.25) is 15.0 Å². The first kappa shape index (κ1) is 14.9. The zero-order chi connectivity index (χ0) is 14.7. The van der Waals surface area contributed by atoms with Crippen LogP contribution in [0.3, 0.4) is 0 Å². The zero-order valence-corrected chi connectivity index (χ0v) is 11.6. The molecule has 1 fully saturated rings. The number of benzene rings is 1. The minimum Gasteiger partial charge on any atom is -0.328 e. The highest BCUT2D eigenvalue weighted by Gasteiger charge is 2.23. The summed E-state index contributed by atoms with van der Waals surface area (Å²) in [6.45, 7) is 4.32. The predicted octanol–water partition coefficient (Wildman–Crippen LogP) is 2.29. The van der Waals surface area contributed by atoms with Gasteiger partial charge in [-0.15, -0.1) is 0 Å². The second-order valence-corrected chi connectivity index (χ2v) is 5.57. The van der Waals surface area contributed by atoms with Gasteiger partial charge in [0, 0.05) is 25.2 Å². The van der Waals surface area contributed by atoms with Crippen LogP contribution in [0.1, 0.15) is 25.3 Å². The highest BCUT2D eigenvalue weighted by molar-refractivity contribution is 5.35. The summed E-state index contributed by atoms with van der Waals surface area (Å²) in [6, 6.07) is 3.89. The van der Waals surface area contributed by atoms with Crippen molar-refractivity contribution in [3.63, 3.8) is 0 Å². The average molecular weight is 281 g/mol. The Morgan fingerprint density at radius 1 is 1.55 bits per heavy atom. The summed E-state index contributed by atoms with van der Waals surface area (Å²) >= 11 is 0. The van der Waals surface area contributed by atoms with Crippen LogP contribution in [0.2, 0.25) is 0 Å². The highest BCUT2D eigenvalue weighted by Crippen LogP contribution is 2.22. The molecule has 2 N–H and O–H groups in total. The van der Waals surface area contributed by atoms with E-state index in [1.807, 2.05) is 6.92 Å². The fraction of sp³-hybridized carbons (Fsp3) is 0.571. The minimum absolute atomic E-state index is 0.139. The van der Waals surface area contributed by atoms with E-state index in [1.54, 1.807) is 0 Å². The molecule has 110 valence electrons. The first-order chi connectivity index (χ1) is 9.45. The molecular formula is C14H20FN3O2. The van der Waals surface area contributed by atoms with E-state index >= 15 is 0 Å². The van der Waals surface area contributed by atoms with E-state index in [2.05, 4.69) is 4.90 Å². The lowest BCUT2D eigenvalue weighted by Crippen LogP contribution is -2.41. The fourth-order valence-corrected chi connectivity index (χ4v) is 2.75. The fourth-order valence-electron chi connectivity index (χ4n) is 2.75. The Morgan fingerprint density at radius 3 is 2.95 bits per heavy atom. The number of likely N-dealkylation sites (tertiary alicyclic amines) is 1. The summed E-state index contributed by atoms with van der Waals surface area (Å²) < 4.78 is 13.4. The molecule has 1 saturated heterocycles. The first-order valence-corrected chi connectivity index (χ1v) is 6.87. The van der Waals surface area contributed by atoms with Crippen molar-refractivity contribution in [2.75, 3.05) is 13.1 Å². The largest absolute Gasteiger partial charge is 0.328 e. The van der Waals surface area contributed by atoms with Crippen molar-refractivity contribution in [3.8, 4) is 0 Å². The Kier molecular flexibility index (Phi) is 4.67. The standard InChI is InChI=1S/C14H20FN3O2/c1-10(16)12-3-2-4-17(9-12)8-11-5-13(15)7-14(6-11)18(19)20/h5-7,10,12H,2-4,8-9,16H2,1H3. The molecule has 1 aliphatic heterocycles. The third kappa shape index (κ3) is 3.74. The SMILES string of the molecule is CC(N)C1CCCN(Cc2cc(F)cc([N+](=O)[O-])c2)C1. The Balaban J connectivity index is 2.07. The summed E-state index contributed by atoms with van der Waals surface area (Å²) in [4.78, 5) is 12.4. The van der Waals surface area contributed by atoms with Crippen molar-refractivity contribution in [2.45, 2.75) is 32.4 Å². The van der Waals surface area contributed by atoms with Gasteiger partial charge < -0.3 is 5.73 Å². The van der Waals surface area contributed by atoms with Gasteiger partial charge >= 0.3 is 0 Å². The monoisotopic (exact) mass is 281 g/mol. The van der Waals surface area contributed by atoms with Crippen LogP contribution in [-0.2, 0) is 6.54 Å². The first-order valence-electron chi connectivity index (χ1n) is 6.87. The molecule has 1 aromatic rings. The van der Waals surface area contributed by atoms with Gasteiger partial charge in [0.1, 0.15) is 5.82 Å². The number of nitro groups is 1. The quantitative estimate of drug-likeness (QED) is 0.679. The van der Waals surface area contributed by atoms with E-state index in [4.69, 9.17) is 5.73 Å². The third-order valence-corrected chi connectivity index (χ3v) is 3.84. The van der Waals surface area contributed by atoms with Crippen LogP contribution in [0.15, 0.2) is 18.2 Å². The molecule has 1 heterocycles. The number of rotatable bonds is 4. The molecule has 0 radical (unpaired) electrons. The molecule has 2 atom stereocenters. The normalized spacial score (nSPS) is 21.6. The maximum absolute atomic E-state index is 13.4. The lowest BCUT2D eigenvalue weighted by molar-refractivity contribution is -0.385.